The molecule has 5 rings (SSSR count). The van der Waals surface area contributed by atoms with Crippen molar-refractivity contribution >= 4 is 22.5 Å². The van der Waals surface area contributed by atoms with Gasteiger partial charge in [0.2, 0.25) is 0 Å². The van der Waals surface area contributed by atoms with E-state index in [9.17, 15) is 9.18 Å². The molecule has 3 heterocycles. The summed E-state index contributed by atoms with van der Waals surface area (Å²) in [4.78, 5) is 22.2. The SMILES string of the molecule is COc1cccc(N2CC[NH+](CC(=O)N3CCc4[nH]c5ccc(F)cc5c4C3)C[C@@H]2C)c1. The van der Waals surface area contributed by atoms with Gasteiger partial charge in [-0.25, -0.2) is 4.39 Å². The highest BCUT2D eigenvalue weighted by atomic mass is 19.1. The summed E-state index contributed by atoms with van der Waals surface area (Å²) in [6.07, 6.45) is 0.784. The molecule has 1 aromatic heterocycles. The molecule has 32 heavy (non-hydrogen) atoms. The number of H-pyrrole nitrogens is 1. The maximum atomic E-state index is 13.8. The Hall–Kier alpha value is -3.06. The number of nitrogens with one attached hydrogen (secondary N) is 2. The average molecular weight is 438 g/mol. The van der Waals surface area contributed by atoms with E-state index in [1.54, 1.807) is 19.2 Å². The Kier molecular flexibility index (Phi) is 5.51. The van der Waals surface area contributed by atoms with Gasteiger partial charge in [-0.15, -0.1) is 0 Å². The van der Waals surface area contributed by atoms with E-state index >= 15 is 0 Å². The summed E-state index contributed by atoms with van der Waals surface area (Å²) >= 11 is 0. The maximum absolute atomic E-state index is 13.8. The maximum Gasteiger partial charge on any atom is 0.278 e. The zero-order valence-electron chi connectivity index (χ0n) is 18.7. The number of aromatic amines is 1. The Labute approximate surface area is 187 Å². The van der Waals surface area contributed by atoms with Gasteiger partial charge >= 0.3 is 0 Å². The zero-order chi connectivity index (χ0) is 22.2. The van der Waals surface area contributed by atoms with Crippen LogP contribution >= 0.6 is 0 Å². The third-order valence-electron chi connectivity index (χ3n) is 6.90. The van der Waals surface area contributed by atoms with Gasteiger partial charge in [-0.2, -0.15) is 0 Å². The lowest BCUT2D eigenvalue weighted by Gasteiger charge is -2.39. The van der Waals surface area contributed by atoms with Crippen LogP contribution in [0.1, 0.15) is 18.2 Å². The molecule has 0 saturated carbocycles. The average Bonchev–Trinajstić information content (AvgIpc) is 3.16. The van der Waals surface area contributed by atoms with Crippen molar-refractivity contribution < 1.29 is 18.8 Å². The Morgan fingerprint density at radius 1 is 1.25 bits per heavy atom. The molecule has 2 N–H and O–H groups in total. The van der Waals surface area contributed by atoms with Crippen molar-refractivity contribution in [1.29, 1.82) is 0 Å². The minimum atomic E-state index is -0.241. The van der Waals surface area contributed by atoms with E-state index < -0.39 is 0 Å². The van der Waals surface area contributed by atoms with Crippen LogP contribution < -0.4 is 14.5 Å². The second-order valence-corrected chi connectivity index (χ2v) is 8.96. The van der Waals surface area contributed by atoms with Gasteiger partial charge < -0.3 is 24.4 Å². The number of hydrogen-bond donors (Lipinski definition) is 2. The molecule has 0 radical (unpaired) electrons. The fourth-order valence-corrected chi connectivity index (χ4v) is 5.19. The fourth-order valence-electron chi connectivity index (χ4n) is 5.19. The van der Waals surface area contributed by atoms with Gasteiger partial charge in [0.15, 0.2) is 6.54 Å². The summed E-state index contributed by atoms with van der Waals surface area (Å²) in [5, 5.41) is 0.894. The van der Waals surface area contributed by atoms with Crippen LogP contribution in [0.5, 0.6) is 5.75 Å². The summed E-state index contributed by atoms with van der Waals surface area (Å²) in [5.74, 6) is 0.801. The van der Waals surface area contributed by atoms with Crippen LogP contribution in [0, 0.1) is 5.82 Å². The number of carbonyl (C=O) groups excluding carboxylic acids is 1. The van der Waals surface area contributed by atoms with Crippen LogP contribution in [-0.2, 0) is 17.8 Å². The number of aromatic nitrogens is 1. The molecule has 0 aliphatic carbocycles. The van der Waals surface area contributed by atoms with Gasteiger partial charge in [0.1, 0.15) is 11.6 Å². The lowest BCUT2D eigenvalue weighted by Crippen LogP contribution is -3.16. The van der Waals surface area contributed by atoms with Crippen molar-refractivity contribution in [2.75, 3.05) is 44.7 Å². The summed E-state index contributed by atoms with van der Waals surface area (Å²) in [5.41, 5.74) is 4.30. The fraction of sp³-hybridized carbons (Fsp3) is 0.400. The van der Waals surface area contributed by atoms with Crippen molar-refractivity contribution in [3.8, 4) is 5.75 Å². The first-order chi connectivity index (χ1) is 15.5. The second kappa shape index (κ2) is 8.47. The van der Waals surface area contributed by atoms with E-state index in [1.165, 1.54) is 11.0 Å². The van der Waals surface area contributed by atoms with Crippen molar-refractivity contribution in [2.24, 2.45) is 0 Å². The number of methoxy groups -OCH3 is 1. The number of rotatable bonds is 4. The van der Waals surface area contributed by atoms with Crippen molar-refractivity contribution in [2.45, 2.75) is 25.9 Å². The minimum absolute atomic E-state index is 0.179. The number of carbonyl (C=O) groups is 1. The van der Waals surface area contributed by atoms with E-state index in [0.717, 1.165) is 59.7 Å². The predicted octanol–water partition coefficient (Wildman–Crippen LogP) is 1.99. The normalized spacial score (nSPS) is 21.0. The number of fused-ring (bicyclic) bond motifs is 3. The Morgan fingerprint density at radius 2 is 2.12 bits per heavy atom. The van der Waals surface area contributed by atoms with Crippen LogP contribution in [0.2, 0.25) is 0 Å². The summed E-state index contributed by atoms with van der Waals surface area (Å²) in [6.45, 7) is 6.73. The molecular formula is C25H30FN4O2+. The van der Waals surface area contributed by atoms with E-state index in [1.807, 2.05) is 17.0 Å². The summed E-state index contributed by atoms with van der Waals surface area (Å²) in [7, 11) is 1.69. The Bertz CT molecular complexity index is 1140. The molecule has 1 amide bonds. The quantitative estimate of drug-likeness (QED) is 0.657. The number of quaternary nitrogens is 1. The number of hydrogen-bond acceptors (Lipinski definition) is 3. The highest BCUT2D eigenvalue weighted by Crippen LogP contribution is 2.28. The smallest absolute Gasteiger partial charge is 0.278 e. The highest BCUT2D eigenvalue weighted by Gasteiger charge is 2.31. The molecule has 7 heteroatoms. The summed E-state index contributed by atoms with van der Waals surface area (Å²) < 4.78 is 19.1. The first-order valence-corrected chi connectivity index (χ1v) is 11.3. The molecule has 2 aliphatic heterocycles. The van der Waals surface area contributed by atoms with E-state index in [2.05, 4.69) is 28.9 Å². The number of ether oxygens (including phenoxy) is 1. The number of piperazine rings is 1. The van der Waals surface area contributed by atoms with Gasteiger partial charge in [-0.3, -0.25) is 4.79 Å². The molecule has 2 atom stereocenters. The van der Waals surface area contributed by atoms with E-state index in [0.29, 0.717) is 25.7 Å². The number of benzene rings is 2. The first-order valence-electron chi connectivity index (χ1n) is 11.3. The zero-order valence-corrected chi connectivity index (χ0v) is 18.7. The monoisotopic (exact) mass is 437 g/mol. The lowest BCUT2D eigenvalue weighted by atomic mass is 10.0. The molecule has 2 aliphatic rings. The molecule has 2 aromatic carbocycles. The number of nitrogens with zero attached hydrogens (tertiary/aromatic N) is 2. The lowest BCUT2D eigenvalue weighted by molar-refractivity contribution is -0.895. The number of amides is 1. The predicted molar refractivity (Wildman–Crippen MR) is 123 cm³/mol. The van der Waals surface area contributed by atoms with Gasteiger partial charge in [0.05, 0.1) is 32.8 Å². The van der Waals surface area contributed by atoms with Crippen LogP contribution in [0.15, 0.2) is 42.5 Å². The van der Waals surface area contributed by atoms with Gasteiger partial charge in [-0.05, 0) is 37.3 Å². The molecular weight excluding hydrogens is 407 g/mol. The van der Waals surface area contributed by atoms with Crippen LogP contribution in [-0.4, -0.2) is 61.7 Å². The van der Waals surface area contributed by atoms with Gasteiger partial charge in [0, 0.05) is 53.4 Å². The second-order valence-electron chi connectivity index (χ2n) is 8.96. The molecule has 1 unspecified atom stereocenters. The standard InChI is InChI=1S/C25H29FN4O2/c1-17-14-28(10-11-30(17)19-4-3-5-20(13-19)32-2)16-25(31)29-9-8-24-22(15-29)21-12-18(26)6-7-23(21)27-24/h3-7,12-13,17,27H,8-11,14-16H2,1-2H3/p+1/t17-/m0/s1. The molecule has 6 nitrogen and oxygen atoms in total. The molecule has 1 saturated heterocycles. The van der Waals surface area contributed by atoms with Gasteiger partial charge in [0.25, 0.3) is 5.91 Å². The van der Waals surface area contributed by atoms with Crippen molar-refractivity contribution in [1.82, 2.24) is 9.88 Å². The van der Waals surface area contributed by atoms with Gasteiger partial charge in [-0.1, -0.05) is 6.07 Å². The van der Waals surface area contributed by atoms with E-state index in [4.69, 9.17) is 4.74 Å². The topological polar surface area (TPSA) is 53.0 Å². The molecule has 168 valence electrons. The third kappa shape index (κ3) is 3.93. The number of halogens is 1. The highest BCUT2D eigenvalue weighted by molar-refractivity contribution is 5.86. The molecule has 0 bridgehead atoms. The largest absolute Gasteiger partial charge is 0.497 e. The minimum Gasteiger partial charge on any atom is -0.497 e. The molecule has 1 fully saturated rings. The molecule has 0 spiro atoms. The Morgan fingerprint density at radius 3 is 2.94 bits per heavy atom. The first kappa shape index (κ1) is 20.8. The third-order valence-corrected chi connectivity index (χ3v) is 6.90. The molecule has 3 aromatic rings. The van der Waals surface area contributed by atoms with Crippen LogP contribution in [0.3, 0.4) is 0 Å². The Balaban J connectivity index is 1.23. The number of anilines is 1. The van der Waals surface area contributed by atoms with E-state index in [-0.39, 0.29) is 11.7 Å². The van der Waals surface area contributed by atoms with Crippen molar-refractivity contribution in [3.05, 3.63) is 59.5 Å². The van der Waals surface area contributed by atoms with Crippen LogP contribution in [0.4, 0.5) is 10.1 Å². The summed E-state index contributed by atoms with van der Waals surface area (Å²) in [6, 6.07) is 13.3. The van der Waals surface area contributed by atoms with Crippen LogP contribution in [0.25, 0.3) is 10.9 Å². The van der Waals surface area contributed by atoms with Crippen molar-refractivity contribution in [3.63, 3.8) is 0 Å².